The molecule has 0 unspecified atom stereocenters. The van der Waals surface area contributed by atoms with E-state index in [1.54, 1.807) is 13.0 Å². The molecule has 3 aromatic rings. The van der Waals surface area contributed by atoms with Crippen LogP contribution in [-0.2, 0) is 4.74 Å². The monoisotopic (exact) mass is 315 g/mol. The molecule has 0 saturated carbocycles. The molecule has 0 spiro atoms. The van der Waals surface area contributed by atoms with E-state index in [1.807, 2.05) is 36.4 Å². The lowest BCUT2D eigenvalue weighted by Crippen LogP contribution is -2.13. The highest BCUT2D eigenvalue weighted by atomic mass is 35.5. The fraction of sp³-hybridized carbons (Fsp3) is 0.125. The van der Waals surface area contributed by atoms with Crippen molar-refractivity contribution < 1.29 is 9.53 Å². The molecule has 0 saturated heterocycles. The van der Waals surface area contributed by atoms with E-state index in [9.17, 15) is 4.79 Å². The van der Waals surface area contributed by atoms with Gasteiger partial charge in [-0.1, -0.05) is 41.9 Å². The molecule has 0 aliphatic rings. The van der Waals surface area contributed by atoms with E-state index in [0.29, 0.717) is 17.4 Å². The van der Waals surface area contributed by atoms with Gasteiger partial charge in [0.05, 0.1) is 17.1 Å². The third kappa shape index (κ3) is 2.76. The number of ether oxygens (including phenoxy) is 1. The van der Waals surface area contributed by atoms with Crippen molar-refractivity contribution in [2.45, 2.75) is 6.92 Å². The zero-order valence-corrected chi connectivity index (χ0v) is 12.6. The van der Waals surface area contributed by atoms with Crippen LogP contribution in [0.2, 0.25) is 5.02 Å². The van der Waals surface area contributed by atoms with E-state index in [2.05, 4.69) is 15.5 Å². The first-order valence-electron chi connectivity index (χ1n) is 6.86. The Labute approximate surface area is 132 Å². The van der Waals surface area contributed by atoms with E-state index < -0.39 is 6.09 Å². The summed E-state index contributed by atoms with van der Waals surface area (Å²) in [5.74, 6) is 0.419. The average molecular weight is 316 g/mol. The van der Waals surface area contributed by atoms with Crippen LogP contribution in [0.3, 0.4) is 0 Å². The van der Waals surface area contributed by atoms with Gasteiger partial charge in [-0.15, -0.1) is 0 Å². The van der Waals surface area contributed by atoms with Crippen molar-refractivity contribution in [2.75, 3.05) is 11.9 Å². The van der Waals surface area contributed by atoms with Gasteiger partial charge >= 0.3 is 6.09 Å². The molecule has 2 aromatic carbocycles. The van der Waals surface area contributed by atoms with E-state index in [1.165, 1.54) is 0 Å². The Hall–Kier alpha value is -2.53. The predicted octanol–water partition coefficient (Wildman–Crippen LogP) is 4.45. The second-order valence-electron chi connectivity index (χ2n) is 4.66. The highest BCUT2D eigenvalue weighted by Gasteiger charge is 2.13. The first-order valence-corrected chi connectivity index (χ1v) is 7.23. The third-order valence-electron chi connectivity index (χ3n) is 3.23. The fourth-order valence-electron chi connectivity index (χ4n) is 2.24. The number of aromatic amines is 1. The van der Waals surface area contributed by atoms with Crippen LogP contribution >= 0.6 is 11.6 Å². The van der Waals surface area contributed by atoms with Crippen molar-refractivity contribution >= 4 is 34.4 Å². The van der Waals surface area contributed by atoms with Gasteiger partial charge in [0.25, 0.3) is 0 Å². The van der Waals surface area contributed by atoms with Crippen LogP contribution in [-0.4, -0.2) is 22.9 Å². The van der Waals surface area contributed by atoms with Crippen LogP contribution in [0.1, 0.15) is 6.92 Å². The minimum absolute atomic E-state index is 0.301. The summed E-state index contributed by atoms with van der Waals surface area (Å²) in [6, 6.07) is 13.5. The molecule has 22 heavy (non-hydrogen) atoms. The first kappa shape index (κ1) is 14.4. The molecule has 1 heterocycles. The lowest BCUT2D eigenvalue weighted by atomic mass is 10.0. The maximum Gasteiger partial charge on any atom is 0.412 e. The van der Waals surface area contributed by atoms with Gasteiger partial charge in [0.2, 0.25) is 0 Å². The second-order valence-corrected chi connectivity index (χ2v) is 5.07. The van der Waals surface area contributed by atoms with Crippen LogP contribution in [0.15, 0.2) is 42.5 Å². The van der Waals surface area contributed by atoms with E-state index in [-0.39, 0.29) is 0 Å². The number of rotatable bonds is 3. The van der Waals surface area contributed by atoms with Crippen LogP contribution in [0, 0.1) is 0 Å². The summed E-state index contributed by atoms with van der Waals surface area (Å²) < 4.78 is 4.87. The van der Waals surface area contributed by atoms with Crippen LogP contribution in [0.4, 0.5) is 10.6 Å². The van der Waals surface area contributed by atoms with Crippen LogP contribution in [0.25, 0.3) is 22.0 Å². The molecule has 6 heteroatoms. The first-order chi connectivity index (χ1) is 10.7. The molecule has 3 rings (SSSR count). The number of fused-ring (bicyclic) bond motifs is 1. The molecule has 0 atom stereocenters. The summed E-state index contributed by atoms with van der Waals surface area (Å²) in [5, 5.41) is 11.0. The van der Waals surface area contributed by atoms with Gasteiger partial charge in [0.15, 0.2) is 5.82 Å². The number of hydrogen-bond donors (Lipinski definition) is 2. The molecule has 1 amide bonds. The highest BCUT2D eigenvalue weighted by molar-refractivity contribution is 6.34. The number of anilines is 1. The molecule has 0 aliphatic heterocycles. The summed E-state index contributed by atoms with van der Waals surface area (Å²) >= 11 is 6.34. The number of H-pyrrole nitrogens is 1. The van der Waals surface area contributed by atoms with Gasteiger partial charge < -0.3 is 4.74 Å². The van der Waals surface area contributed by atoms with Crippen molar-refractivity contribution in [3.05, 3.63) is 47.5 Å². The number of hydrogen-bond acceptors (Lipinski definition) is 3. The lowest BCUT2D eigenvalue weighted by Gasteiger charge is -2.06. The summed E-state index contributed by atoms with van der Waals surface area (Å²) in [6.07, 6.45) is -0.535. The number of halogens is 1. The number of nitrogens with one attached hydrogen (secondary N) is 2. The van der Waals surface area contributed by atoms with Gasteiger partial charge in [0.1, 0.15) is 0 Å². The zero-order valence-electron chi connectivity index (χ0n) is 11.9. The van der Waals surface area contributed by atoms with Crippen molar-refractivity contribution in [3.63, 3.8) is 0 Å². The molecule has 1 aromatic heterocycles. The summed E-state index contributed by atoms with van der Waals surface area (Å²) in [7, 11) is 0. The molecular weight excluding hydrogens is 302 g/mol. The Bertz CT molecular complexity index is 815. The van der Waals surface area contributed by atoms with E-state index in [4.69, 9.17) is 16.3 Å². The fourth-order valence-corrected chi connectivity index (χ4v) is 2.51. The largest absolute Gasteiger partial charge is 0.450 e. The predicted molar refractivity (Wildman–Crippen MR) is 87.2 cm³/mol. The number of benzene rings is 2. The maximum absolute atomic E-state index is 11.6. The third-order valence-corrected chi connectivity index (χ3v) is 3.54. The van der Waals surface area contributed by atoms with Gasteiger partial charge in [-0.2, -0.15) is 5.10 Å². The van der Waals surface area contributed by atoms with Crippen molar-refractivity contribution in [3.8, 4) is 11.1 Å². The molecule has 0 fully saturated rings. The number of aromatic nitrogens is 2. The van der Waals surface area contributed by atoms with Crippen molar-refractivity contribution in [2.24, 2.45) is 0 Å². The van der Waals surface area contributed by atoms with Gasteiger partial charge in [-0.3, -0.25) is 10.4 Å². The van der Waals surface area contributed by atoms with Gasteiger partial charge in [0, 0.05) is 10.9 Å². The Morgan fingerprint density at radius 1 is 1.32 bits per heavy atom. The second kappa shape index (κ2) is 6.07. The molecule has 112 valence electrons. The summed E-state index contributed by atoms with van der Waals surface area (Å²) in [5.41, 5.74) is 2.62. The Morgan fingerprint density at radius 2 is 2.09 bits per heavy atom. The molecule has 0 aliphatic carbocycles. The quantitative estimate of drug-likeness (QED) is 0.750. The van der Waals surface area contributed by atoms with E-state index >= 15 is 0 Å². The Kier molecular flexibility index (Phi) is 3.98. The highest BCUT2D eigenvalue weighted by Crippen LogP contribution is 2.33. The molecule has 0 radical (unpaired) electrons. The van der Waals surface area contributed by atoms with Crippen LogP contribution < -0.4 is 5.32 Å². The maximum atomic E-state index is 11.6. The summed E-state index contributed by atoms with van der Waals surface area (Å²) in [6.45, 7) is 2.05. The number of nitrogens with zero attached hydrogens (tertiary/aromatic N) is 1. The molecular formula is C16H14ClN3O2. The lowest BCUT2D eigenvalue weighted by molar-refractivity contribution is 0.168. The molecule has 5 nitrogen and oxygen atoms in total. The Balaban J connectivity index is 2.05. The zero-order chi connectivity index (χ0) is 15.5. The number of carbonyl (C=O) groups excluding carboxylic acids is 1. The minimum atomic E-state index is -0.535. The van der Waals surface area contributed by atoms with Crippen molar-refractivity contribution in [1.29, 1.82) is 0 Å². The summed E-state index contributed by atoms with van der Waals surface area (Å²) in [4.78, 5) is 11.6. The smallest absolute Gasteiger partial charge is 0.412 e. The van der Waals surface area contributed by atoms with E-state index in [0.717, 1.165) is 22.0 Å². The molecule has 2 N–H and O–H groups in total. The Morgan fingerprint density at radius 3 is 2.82 bits per heavy atom. The topological polar surface area (TPSA) is 67.0 Å². The van der Waals surface area contributed by atoms with Gasteiger partial charge in [-0.25, -0.2) is 4.79 Å². The minimum Gasteiger partial charge on any atom is -0.450 e. The SMILES string of the molecule is CCOC(=O)Nc1n[nH]c2cc(Cl)c(-c3ccccc3)cc12. The van der Waals surface area contributed by atoms with Crippen molar-refractivity contribution in [1.82, 2.24) is 10.2 Å². The average Bonchev–Trinajstić information content (AvgIpc) is 2.89. The van der Waals surface area contributed by atoms with Gasteiger partial charge in [-0.05, 0) is 24.6 Å². The van der Waals surface area contributed by atoms with Crippen LogP contribution in [0.5, 0.6) is 0 Å². The number of carbonyl (C=O) groups is 1. The normalized spacial score (nSPS) is 10.6. The molecule has 0 bridgehead atoms. The standard InChI is InChI=1S/C16H14ClN3O2/c1-2-22-16(21)18-15-12-8-11(10-6-4-3-5-7-10)13(17)9-14(12)19-20-15/h3-9H,2H2,1H3,(H2,18,19,20,21). The number of amides is 1.